The van der Waals surface area contributed by atoms with Gasteiger partial charge in [0.15, 0.2) is 17.5 Å². The number of aryl methyl sites for hydroxylation is 1. The first kappa shape index (κ1) is 19.8. The number of H-pyrrole nitrogens is 1. The molecule has 1 fully saturated rings. The highest BCUT2D eigenvalue weighted by Gasteiger charge is 2.66. The SMILES string of the molecule is CC(=O)OC[C@H]1O[C@@H](n2cc(C)c(=O)[nH]c2=O)[C@](C)(F)[C@@]1(C)OC(C)=O. The van der Waals surface area contributed by atoms with Gasteiger partial charge < -0.3 is 14.2 Å². The van der Waals surface area contributed by atoms with E-state index in [0.717, 1.165) is 24.6 Å². The molecule has 0 saturated carbocycles. The topological polar surface area (TPSA) is 117 Å². The number of alkyl halides is 1. The zero-order chi connectivity index (χ0) is 19.9. The Morgan fingerprint density at radius 3 is 2.46 bits per heavy atom. The number of nitrogens with one attached hydrogen (secondary N) is 1. The molecule has 0 aromatic carbocycles. The minimum atomic E-state index is -2.38. The maximum absolute atomic E-state index is 15.8. The molecule has 1 N–H and O–H groups in total. The van der Waals surface area contributed by atoms with Crippen LogP contribution in [0.4, 0.5) is 4.39 Å². The van der Waals surface area contributed by atoms with Gasteiger partial charge in [-0.05, 0) is 20.8 Å². The molecule has 2 heterocycles. The normalized spacial score (nSPS) is 30.8. The zero-order valence-corrected chi connectivity index (χ0v) is 15.1. The summed E-state index contributed by atoms with van der Waals surface area (Å²) in [5, 5.41) is 0. The third-order valence-corrected chi connectivity index (χ3v) is 4.53. The lowest BCUT2D eigenvalue weighted by Gasteiger charge is -2.36. The number of hydrogen-bond donors (Lipinski definition) is 1. The minimum absolute atomic E-state index is 0.168. The van der Waals surface area contributed by atoms with Gasteiger partial charge in [-0.3, -0.25) is 23.9 Å². The summed E-state index contributed by atoms with van der Waals surface area (Å²) in [6.07, 6.45) is -1.53. The Hall–Kier alpha value is -2.49. The second-order valence-corrected chi connectivity index (χ2v) is 6.53. The van der Waals surface area contributed by atoms with E-state index < -0.39 is 46.8 Å². The second kappa shape index (κ2) is 6.67. The predicted octanol–water partition coefficient (Wildman–Crippen LogP) is 0.356. The van der Waals surface area contributed by atoms with Gasteiger partial charge in [-0.1, -0.05) is 0 Å². The molecule has 4 atom stereocenters. The lowest BCUT2D eigenvalue weighted by Crippen LogP contribution is -2.55. The van der Waals surface area contributed by atoms with Crippen LogP contribution < -0.4 is 11.2 Å². The second-order valence-electron chi connectivity index (χ2n) is 6.53. The van der Waals surface area contributed by atoms with E-state index in [-0.39, 0.29) is 12.2 Å². The molecule has 0 radical (unpaired) electrons. The maximum atomic E-state index is 15.8. The molecule has 1 aromatic heterocycles. The summed E-state index contributed by atoms with van der Waals surface area (Å²) in [5.74, 6) is -1.39. The first-order chi connectivity index (χ1) is 11.9. The van der Waals surface area contributed by atoms with Crippen LogP contribution in [0.1, 0.15) is 39.5 Å². The van der Waals surface area contributed by atoms with Gasteiger partial charge in [0.1, 0.15) is 12.7 Å². The molecular formula is C16H21FN2O7. The Bertz CT molecular complexity index is 844. The molecule has 1 aliphatic heterocycles. The smallest absolute Gasteiger partial charge is 0.330 e. The van der Waals surface area contributed by atoms with Gasteiger partial charge >= 0.3 is 17.6 Å². The van der Waals surface area contributed by atoms with E-state index in [1.54, 1.807) is 0 Å². The summed E-state index contributed by atoms with van der Waals surface area (Å²) in [4.78, 5) is 48.4. The molecule has 0 unspecified atom stereocenters. The number of ether oxygens (including phenoxy) is 3. The van der Waals surface area contributed by atoms with Crippen molar-refractivity contribution in [1.29, 1.82) is 0 Å². The maximum Gasteiger partial charge on any atom is 0.330 e. The molecule has 0 amide bonds. The number of hydrogen-bond acceptors (Lipinski definition) is 7. The molecule has 1 saturated heterocycles. The molecular weight excluding hydrogens is 351 g/mol. The van der Waals surface area contributed by atoms with Gasteiger partial charge in [-0.2, -0.15) is 0 Å². The van der Waals surface area contributed by atoms with Crippen molar-refractivity contribution in [3.8, 4) is 0 Å². The number of esters is 2. The highest BCUT2D eigenvalue weighted by atomic mass is 19.1. The molecule has 26 heavy (non-hydrogen) atoms. The lowest BCUT2D eigenvalue weighted by molar-refractivity contribution is -0.178. The fraction of sp³-hybridized carbons (Fsp3) is 0.625. The highest BCUT2D eigenvalue weighted by Crippen LogP contribution is 2.49. The van der Waals surface area contributed by atoms with Crippen molar-refractivity contribution in [3.63, 3.8) is 0 Å². The molecule has 0 bridgehead atoms. The van der Waals surface area contributed by atoms with E-state index in [4.69, 9.17) is 14.2 Å². The summed E-state index contributed by atoms with van der Waals surface area (Å²) in [7, 11) is 0. The number of nitrogens with zero attached hydrogens (tertiary/aromatic N) is 1. The van der Waals surface area contributed by atoms with Crippen molar-refractivity contribution in [2.75, 3.05) is 6.61 Å². The summed E-state index contributed by atoms with van der Waals surface area (Å²) >= 11 is 0. The van der Waals surface area contributed by atoms with Gasteiger partial charge in [0, 0.05) is 25.6 Å². The van der Waals surface area contributed by atoms with Gasteiger partial charge in [0.05, 0.1) is 0 Å². The average Bonchev–Trinajstić information content (AvgIpc) is 2.68. The largest absolute Gasteiger partial charge is 0.463 e. The predicted molar refractivity (Wildman–Crippen MR) is 86.3 cm³/mol. The van der Waals surface area contributed by atoms with E-state index in [1.165, 1.54) is 20.8 Å². The monoisotopic (exact) mass is 372 g/mol. The summed E-state index contributed by atoms with van der Waals surface area (Å²) in [6.45, 7) is 5.74. The van der Waals surface area contributed by atoms with Gasteiger partial charge in [-0.15, -0.1) is 0 Å². The van der Waals surface area contributed by atoms with Crippen LogP contribution in [0, 0.1) is 6.92 Å². The van der Waals surface area contributed by atoms with E-state index >= 15 is 4.39 Å². The third kappa shape index (κ3) is 3.28. The standard InChI is InChI=1S/C16H21FN2O7/c1-8-6-19(14(23)18-12(8)22)13-15(4,17)16(5,26-10(3)21)11(25-13)7-24-9(2)20/h6,11,13H,7H2,1-5H3,(H,18,22,23)/t11-,13-,15+,16+/m1/s1. The summed E-state index contributed by atoms with van der Waals surface area (Å²) in [6, 6.07) is 0. The number of carbonyl (C=O) groups is 2. The molecule has 10 heteroatoms. The van der Waals surface area contributed by atoms with Crippen molar-refractivity contribution in [2.45, 2.75) is 58.2 Å². The van der Waals surface area contributed by atoms with E-state index in [2.05, 4.69) is 4.98 Å². The number of rotatable bonds is 4. The molecule has 1 aliphatic rings. The third-order valence-electron chi connectivity index (χ3n) is 4.53. The zero-order valence-electron chi connectivity index (χ0n) is 15.1. The van der Waals surface area contributed by atoms with E-state index in [0.29, 0.717) is 0 Å². The Labute approximate surface area is 148 Å². The van der Waals surface area contributed by atoms with Crippen molar-refractivity contribution in [2.24, 2.45) is 0 Å². The Morgan fingerprint density at radius 1 is 1.31 bits per heavy atom. The first-order valence-electron chi connectivity index (χ1n) is 7.89. The van der Waals surface area contributed by atoms with Crippen molar-refractivity contribution in [3.05, 3.63) is 32.6 Å². The first-order valence-corrected chi connectivity index (χ1v) is 7.89. The molecule has 1 aromatic rings. The molecule has 0 spiro atoms. The van der Waals surface area contributed by atoms with Crippen LogP contribution in [0.2, 0.25) is 0 Å². The number of aromatic nitrogens is 2. The van der Waals surface area contributed by atoms with Crippen LogP contribution >= 0.6 is 0 Å². The molecule has 0 aliphatic carbocycles. The minimum Gasteiger partial charge on any atom is -0.463 e. The highest BCUT2D eigenvalue weighted by molar-refractivity contribution is 5.67. The Balaban J connectivity index is 2.54. The lowest BCUT2D eigenvalue weighted by atomic mass is 9.84. The summed E-state index contributed by atoms with van der Waals surface area (Å²) in [5.41, 5.74) is -5.54. The van der Waals surface area contributed by atoms with Crippen molar-refractivity contribution >= 4 is 11.9 Å². The average molecular weight is 372 g/mol. The quantitative estimate of drug-likeness (QED) is 0.758. The molecule has 144 valence electrons. The number of aromatic amines is 1. The Kier molecular flexibility index (Phi) is 5.09. The van der Waals surface area contributed by atoms with Crippen LogP contribution in [-0.2, 0) is 23.8 Å². The van der Waals surface area contributed by atoms with Crippen LogP contribution in [-0.4, -0.2) is 45.5 Å². The van der Waals surface area contributed by atoms with Crippen LogP contribution in [0.25, 0.3) is 0 Å². The van der Waals surface area contributed by atoms with Crippen molar-refractivity contribution < 1.29 is 28.2 Å². The molecule has 9 nitrogen and oxygen atoms in total. The number of halogens is 1. The van der Waals surface area contributed by atoms with Gasteiger partial charge in [-0.25, -0.2) is 9.18 Å². The van der Waals surface area contributed by atoms with Crippen molar-refractivity contribution in [1.82, 2.24) is 9.55 Å². The van der Waals surface area contributed by atoms with Crippen LogP contribution in [0.5, 0.6) is 0 Å². The summed E-state index contributed by atoms with van der Waals surface area (Å²) < 4.78 is 32.3. The number of carbonyl (C=O) groups excluding carboxylic acids is 2. The van der Waals surface area contributed by atoms with Crippen LogP contribution in [0.3, 0.4) is 0 Å². The van der Waals surface area contributed by atoms with Gasteiger partial charge in [0.25, 0.3) is 5.56 Å². The Morgan fingerprint density at radius 2 is 1.92 bits per heavy atom. The fourth-order valence-electron chi connectivity index (χ4n) is 2.92. The van der Waals surface area contributed by atoms with E-state index in [1.807, 2.05) is 0 Å². The van der Waals surface area contributed by atoms with E-state index in [9.17, 15) is 19.2 Å². The molecule has 2 rings (SSSR count). The van der Waals surface area contributed by atoms with Gasteiger partial charge in [0.2, 0.25) is 0 Å². The van der Waals surface area contributed by atoms with Crippen LogP contribution in [0.15, 0.2) is 15.8 Å². The fourth-order valence-corrected chi connectivity index (χ4v) is 2.92.